The largest absolute Gasteiger partial charge is 0.463 e. The van der Waals surface area contributed by atoms with Gasteiger partial charge in [0, 0.05) is 13.1 Å². The number of anilines is 2. The molecule has 1 aromatic rings. The predicted molar refractivity (Wildman–Crippen MR) is 78.7 cm³/mol. The summed E-state index contributed by atoms with van der Waals surface area (Å²) in [5, 5.41) is 0. The van der Waals surface area contributed by atoms with Gasteiger partial charge in [-0.15, -0.1) is 0 Å². The van der Waals surface area contributed by atoms with Gasteiger partial charge < -0.3 is 9.64 Å². The molecule has 0 radical (unpaired) electrons. The first-order chi connectivity index (χ1) is 9.72. The summed E-state index contributed by atoms with van der Waals surface area (Å²) in [6, 6.07) is 0.335. The van der Waals surface area contributed by atoms with Crippen molar-refractivity contribution in [2.24, 2.45) is 11.8 Å². The van der Waals surface area contributed by atoms with E-state index in [0.717, 1.165) is 38.3 Å². The van der Waals surface area contributed by atoms with E-state index >= 15 is 0 Å². The number of ether oxygens (including phenoxy) is 1. The summed E-state index contributed by atoms with van der Waals surface area (Å²) in [7, 11) is 0. The Morgan fingerprint density at radius 2 is 2.15 bits per heavy atom. The molecule has 20 heavy (non-hydrogen) atoms. The van der Waals surface area contributed by atoms with Gasteiger partial charge in [0.15, 0.2) is 0 Å². The molecule has 7 heteroatoms. The van der Waals surface area contributed by atoms with Crippen molar-refractivity contribution in [3.8, 4) is 6.01 Å². The molecule has 0 bridgehead atoms. The highest BCUT2D eigenvalue weighted by Crippen LogP contribution is 2.21. The molecule has 2 rings (SSSR count). The molecule has 1 fully saturated rings. The number of rotatable bonds is 5. The second-order valence-corrected chi connectivity index (χ2v) is 5.26. The van der Waals surface area contributed by atoms with Gasteiger partial charge in [0.05, 0.1) is 6.61 Å². The van der Waals surface area contributed by atoms with E-state index in [9.17, 15) is 0 Å². The Hall–Kier alpha value is -1.63. The quantitative estimate of drug-likeness (QED) is 0.625. The fraction of sp³-hybridized carbons (Fsp3) is 0.769. The van der Waals surface area contributed by atoms with E-state index in [0.29, 0.717) is 24.5 Å². The monoisotopic (exact) mass is 280 g/mol. The zero-order chi connectivity index (χ0) is 14.4. The van der Waals surface area contributed by atoms with Crippen LogP contribution in [0.5, 0.6) is 6.01 Å². The number of hydrogen-bond donors (Lipinski definition) is 2. The third kappa shape index (κ3) is 3.93. The van der Waals surface area contributed by atoms with Gasteiger partial charge in [0.2, 0.25) is 11.9 Å². The van der Waals surface area contributed by atoms with Crippen molar-refractivity contribution in [2.75, 3.05) is 30.0 Å². The Labute approximate surface area is 119 Å². The smallest absolute Gasteiger partial charge is 0.323 e. The average Bonchev–Trinajstić information content (AvgIpc) is 2.69. The van der Waals surface area contributed by atoms with E-state index in [-0.39, 0.29) is 0 Å². The summed E-state index contributed by atoms with van der Waals surface area (Å²) < 4.78 is 5.50. The first kappa shape index (κ1) is 14.8. The maximum atomic E-state index is 5.50. The normalized spacial score (nSPS) is 19.6. The zero-order valence-electron chi connectivity index (χ0n) is 12.3. The van der Waals surface area contributed by atoms with Crippen molar-refractivity contribution in [2.45, 2.75) is 39.5 Å². The molecule has 1 saturated heterocycles. The molecule has 2 heterocycles. The minimum Gasteiger partial charge on any atom is -0.463 e. The summed E-state index contributed by atoms with van der Waals surface area (Å²) in [6.07, 6.45) is 4.47. The molecular weight excluding hydrogens is 256 g/mol. The minimum absolute atomic E-state index is 0.335. The van der Waals surface area contributed by atoms with Gasteiger partial charge in [-0.2, -0.15) is 15.0 Å². The summed E-state index contributed by atoms with van der Waals surface area (Å²) in [5.41, 5.74) is 2.48. The van der Waals surface area contributed by atoms with Crippen molar-refractivity contribution < 1.29 is 4.74 Å². The van der Waals surface area contributed by atoms with E-state index in [2.05, 4.69) is 32.2 Å². The predicted octanol–water partition coefficient (Wildman–Crippen LogP) is 1.57. The van der Waals surface area contributed by atoms with Gasteiger partial charge >= 0.3 is 6.01 Å². The Morgan fingerprint density at radius 1 is 1.30 bits per heavy atom. The standard InChI is InChI=1S/C13H24N6O/c1-3-9-20-13-16-11(18-14)15-12(17-13)19-7-4-5-10(2)6-8-19/h10H,3-9,14H2,1-2H3,(H,15,16,17,18). The fourth-order valence-corrected chi connectivity index (χ4v) is 2.27. The van der Waals surface area contributed by atoms with E-state index in [4.69, 9.17) is 10.6 Å². The number of nitrogens with zero attached hydrogens (tertiary/aromatic N) is 4. The van der Waals surface area contributed by atoms with Crippen LogP contribution in [0.15, 0.2) is 0 Å². The lowest BCUT2D eigenvalue weighted by molar-refractivity contribution is 0.292. The Balaban J connectivity index is 2.16. The molecule has 0 saturated carbocycles. The summed E-state index contributed by atoms with van der Waals surface area (Å²) in [4.78, 5) is 15.0. The van der Waals surface area contributed by atoms with Gasteiger partial charge in [0.1, 0.15) is 0 Å². The van der Waals surface area contributed by atoms with Crippen molar-refractivity contribution in [3.63, 3.8) is 0 Å². The highest BCUT2D eigenvalue weighted by Gasteiger charge is 2.18. The second kappa shape index (κ2) is 7.23. The molecule has 0 aliphatic carbocycles. The van der Waals surface area contributed by atoms with Crippen molar-refractivity contribution >= 4 is 11.9 Å². The Kier molecular flexibility index (Phi) is 5.34. The number of nitrogens with two attached hydrogens (primary N) is 1. The SMILES string of the molecule is CCCOc1nc(NN)nc(N2CCCC(C)CC2)n1. The minimum atomic E-state index is 0.335. The maximum Gasteiger partial charge on any atom is 0.323 e. The third-order valence-corrected chi connectivity index (χ3v) is 3.47. The van der Waals surface area contributed by atoms with Gasteiger partial charge in [-0.25, -0.2) is 5.84 Å². The van der Waals surface area contributed by atoms with Crippen LogP contribution in [0.25, 0.3) is 0 Å². The topological polar surface area (TPSA) is 89.2 Å². The molecule has 0 amide bonds. The van der Waals surface area contributed by atoms with Gasteiger partial charge in [0.25, 0.3) is 0 Å². The maximum absolute atomic E-state index is 5.50. The Bertz CT molecular complexity index is 427. The van der Waals surface area contributed by atoms with Crippen molar-refractivity contribution in [1.82, 2.24) is 15.0 Å². The van der Waals surface area contributed by atoms with Crippen LogP contribution in [-0.2, 0) is 0 Å². The summed E-state index contributed by atoms with van der Waals surface area (Å²) in [5.74, 6) is 7.17. The van der Waals surface area contributed by atoms with Crippen LogP contribution in [0.3, 0.4) is 0 Å². The number of aromatic nitrogens is 3. The Morgan fingerprint density at radius 3 is 2.90 bits per heavy atom. The van der Waals surface area contributed by atoms with E-state index in [1.54, 1.807) is 0 Å². The van der Waals surface area contributed by atoms with Crippen LogP contribution in [0.1, 0.15) is 39.5 Å². The molecule has 1 unspecified atom stereocenters. The first-order valence-electron chi connectivity index (χ1n) is 7.33. The van der Waals surface area contributed by atoms with Crippen molar-refractivity contribution in [3.05, 3.63) is 0 Å². The van der Waals surface area contributed by atoms with Crippen LogP contribution in [0, 0.1) is 5.92 Å². The molecule has 112 valence electrons. The molecule has 7 nitrogen and oxygen atoms in total. The molecule has 0 spiro atoms. The molecule has 1 atom stereocenters. The van der Waals surface area contributed by atoms with Crippen LogP contribution in [0.4, 0.5) is 11.9 Å². The highest BCUT2D eigenvalue weighted by molar-refractivity contribution is 5.37. The number of hydrazine groups is 1. The number of hydrogen-bond acceptors (Lipinski definition) is 7. The van der Waals surface area contributed by atoms with Gasteiger partial charge in [-0.05, 0) is 31.6 Å². The lowest BCUT2D eigenvalue weighted by atomic mass is 10.0. The first-order valence-corrected chi connectivity index (χ1v) is 7.33. The van der Waals surface area contributed by atoms with Crippen LogP contribution in [-0.4, -0.2) is 34.6 Å². The van der Waals surface area contributed by atoms with Crippen LogP contribution in [0.2, 0.25) is 0 Å². The van der Waals surface area contributed by atoms with Crippen LogP contribution >= 0.6 is 0 Å². The lowest BCUT2D eigenvalue weighted by Gasteiger charge is -2.20. The molecular formula is C13H24N6O. The van der Waals surface area contributed by atoms with Crippen LogP contribution < -0.4 is 20.9 Å². The third-order valence-electron chi connectivity index (χ3n) is 3.47. The summed E-state index contributed by atoms with van der Waals surface area (Å²) >= 11 is 0. The lowest BCUT2D eigenvalue weighted by Crippen LogP contribution is -2.27. The highest BCUT2D eigenvalue weighted by atomic mass is 16.5. The molecule has 1 aromatic heterocycles. The van der Waals surface area contributed by atoms with E-state index < -0.39 is 0 Å². The van der Waals surface area contributed by atoms with Gasteiger partial charge in [-0.3, -0.25) is 5.43 Å². The fourth-order valence-electron chi connectivity index (χ4n) is 2.27. The zero-order valence-corrected chi connectivity index (χ0v) is 12.3. The average molecular weight is 280 g/mol. The number of nitrogen functional groups attached to an aromatic ring is 1. The molecule has 0 aromatic carbocycles. The molecule has 1 aliphatic rings. The summed E-state index contributed by atoms with van der Waals surface area (Å²) in [6.45, 7) is 6.85. The van der Waals surface area contributed by atoms with E-state index in [1.165, 1.54) is 6.42 Å². The molecule has 3 N–H and O–H groups in total. The molecule has 1 aliphatic heterocycles. The number of nitrogens with one attached hydrogen (secondary N) is 1. The van der Waals surface area contributed by atoms with Crippen molar-refractivity contribution in [1.29, 1.82) is 0 Å². The van der Waals surface area contributed by atoms with E-state index in [1.807, 2.05) is 6.92 Å². The van der Waals surface area contributed by atoms with Gasteiger partial charge in [-0.1, -0.05) is 13.8 Å². The second-order valence-electron chi connectivity index (χ2n) is 5.26.